The quantitative estimate of drug-likeness (QED) is 0.735. The molecule has 1 saturated carbocycles. The second-order valence-electron chi connectivity index (χ2n) is 7.80. The molecule has 29 heavy (non-hydrogen) atoms. The Morgan fingerprint density at radius 1 is 1.28 bits per heavy atom. The van der Waals surface area contributed by atoms with Crippen molar-refractivity contribution in [2.75, 3.05) is 18.1 Å². The first-order valence-corrected chi connectivity index (χ1v) is 10.1. The molecule has 2 atom stereocenters. The molecule has 1 saturated heterocycles. The van der Waals surface area contributed by atoms with Crippen molar-refractivity contribution in [2.45, 2.75) is 39.0 Å². The van der Waals surface area contributed by atoms with Gasteiger partial charge < -0.3 is 4.74 Å². The summed E-state index contributed by atoms with van der Waals surface area (Å²) in [6.45, 7) is 2.72. The molecule has 1 amide bonds. The second-order valence-corrected chi connectivity index (χ2v) is 7.80. The Bertz CT molecular complexity index is 918. The van der Waals surface area contributed by atoms with Crippen LogP contribution < -0.4 is 4.90 Å². The van der Waals surface area contributed by atoms with Gasteiger partial charge in [-0.25, -0.2) is 14.4 Å². The molecule has 7 heteroatoms. The molecule has 0 N–H and O–H groups in total. The third-order valence-corrected chi connectivity index (χ3v) is 6.05. The number of nitrogens with zero attached hydrogens (tertiary/aromatic N) is 3. The number of hydrogen-bond donors (Lipinski definition) is 0. The molecule has 2 fully saturated rings. The van der Waals surface area contributed by atoms with Gasteiger partial charge in [0.1, 0.15) is 18.0 Å². The lowest BCUT2D eigenvalue weighted by molar-refractivity contribution is -0.151. The standard InChI is InChI=1S/C22H24FN3O3/c1-2-29-20(27)16-4-3-9-22(13-16)10-11-26(21(22)28)19-12-18(24-14-25-19)15-5-7-17(23)8-6-15/h5-8,12,14,16H,2-4,9-11,13H2,1H3/t16-,22?/m1/s1. The van der Waals surface area contributed by atoms with E-state index in [1.807, 2.05) is 0 Å². The largest absolute Gasteiger partial charge is 0.466 e. The number of benzene rings is 1. The number of anilines is 1. The molecular weight excluding hydrogens is 373 g/mol. The second kappa shape index (κ2) is 7.89. The van der Waals surface area contributed by atoms with Crippen molar-refractivity contribution >= 4 is 17.7 Å². The minimum Gasteiger partial charge on any atom is -0.466 e. The average molecular weight is 397 g/mol. The topological polar surface area (TPSA) is 72.4 Å². The number of aromatic nitrogens is 2. The molecule has 2 heterocycles. The van der Waals surface area contributed by atoms with Crippen LogP contribution in [0.1, 0.15) is 39.0 Å². The van der Waals surface area contributed by atoms with Crippen molar-refractivity contribution in [3.05, 3.63) is 42.5 Å². The minimum absolute atomic E-state index is 0.0234. The summed E-state index contributed by atoms with van der Waals surface area (Å²) in [5.41, 5.74) is 0.879. The number of ether oxygens (including phenoxy) is 1. The Labute approximate surface area is 169 Å². The lowest BCUT2D eigenvalue weighted by Gasteiger charge is -2.35. The van der Waals surface area contributed by atoms with E-state index in [4.69, 9.17) is 4.74 Å². The SMILES string of the molecule is CCOC(=O)[C@@H]1CCCC2(CCN(c3cc(-c4ccc(F)cc4)ncn3)C2=O)C1. The molecule has 0 bridgehead atoms. The lowest BCUT2D eigenvalue weighted by Crippen LogP contribution is -2.40. The fourth-order valence-corrected chi connectivity index (χ4v) is 4.56. The Morgan fingerprint density at radius 3 is 2.83 bits per heavy atom. The lowest BCUT2D eigenvalue weighted by atomic mass is 9.68. The van der Waals surface area contributed by atoms with E-state index in [2.05, 4.69) is 9.97 Å². The minimum atomic E-state index is -0.517. The molecule has 6 nitrogen and oxygen atoms in total. The Morgan fingerprint density at radius 2 is 2.07 bits per heavy atom. The molecule has 1 aliphatic carbocycles. The van der Waals surface area contributed by atoms with E-state index in [1.54, 1.807) is 30.0 Å². The van der Waals surface area contributed by atoms with Crippen LogP contribution in [0.25, 0.3) is 11.3 Å². The highest BCUT2D eigenvalue weighted by Crippen LogP contribution is 2.48. The summed E-state index contributed by atoms with van der Waals surface area (Å²) >= 11 is 0. The first-order valence-electron chi connectivity index (χ1n) is 10.1. The number of rotatable bonds is 4. The van der Waals surface area contributed by atoms with Crippen LogP contribution in [0, 0.1) is 17.2 Å². The maximum Gasteiger partial charge on any atom is 0.308 e. The molecule has 1 aromatic heterocycles. The summed E-state index contributed by atoms with van der Waals surface area (Å²) in [6, 6.07) is 7.82. The van der Waals surface area contributed by atoms with Gasteiger partial charge in [-0.2, -0.15) is 0 Å². The molecule has 1 aliphatic heterocycles. The predicted molar refractivity (Wildman–Crippen MR) is 105 cm³/mol. The van der Waals surface area contributed by atoms with Gasteiger partial charge in [0.2, 0.25) is 5.91 Å². The van der Waals surface area contributed by atoms with Crippen LogP contribution in [0.2, 0.25) is 0 Å². The van der Waals surface area contributed by atoms with Crippen LogP contribution in [0.5, 0.6) is 0 Å². The zero-order valence-electron chi connectivity index (χ0n) is 16.4. The Balaban J connectivity index is 1.55. The van der Waals surface area contributed by atoms with Crippen molar-refractivity contribution in [1.29, 1.82) is 0 Å². The van der Waals surface area contributed by atoms with Gasteiger partial charge in [0, 0.05) is 18.2 Å². The third kappa shape index (κ3) is 3.73. The van der Waals surface area contributed by atoms with Crippen molar-refractivity contribution in [2.24, 2.45) is 11.3 Å². The first-order chi connectivity index (χ1) is 14.0. The summed E-state index contributed by atoms with van der Waals surface area (Å²) < 4.78 is 18.4. The highest BCUT2D eigenvalue weighted by Gasteiger charge is 2.51. The molecule has 1 aromatic carbocycles. The van der Waals surface area contributed by atoms with Gasteiger partial charge in [-0.15, -0.1) is 0 Å². The number of hydrogen-bond acceptors (Lipinski definition) is 5. The summed E-state index contributed by atoms with van der Waals surface area (Å²) in [7, 11) is 0. The highest BCUT2D eigenvalue weighted by atomic mass is 19.1. The van der Waals surface area contributed by atoms with E-state index in [1.165, 1.54) is 18.5 Å². The van der Waals surface area contributed by atoms with Gasteiger partial charge in [0.25, 0.3) is 0 Å². The van der Waals surface area contributed by atoms with E-state index in [-0.39, 0.29) is 23.6 Å². The van der Waals surface area contributed by atoms with Crippen LogP contribution in [0.15, 0.2) is 36.7 Å². The maximum atomic E-state index is 13.4. The molecular formula is C22H24FN3O3. The Hall–Kier alpha value is -2.83. The fraction of sp³-hybridized carbons (Fsp3) is 0.455. The van der Waals surface area contributed by atoms with E-state index in [9.17, 15) is 14.0 Å². The predicted octanol–water partition coefficient (Wildman–Crippen LogP) is 3.76. The van der Waals surface area contributed by atoms with Crippen molar-refractivity contribution in [3.63, 3.8) is 0 Å². The van der Waals surface area contributed by atoms with E-state index in [0.717, 1.165) is 24.8 Å². The number of carbonyl (C=O) groups excluding carboxylic acids is 2. The van der Waals surface area contributed by atoms with Gasteiger partial charge in [-0.1, -0.05) is 6.42 Å². The molecule has 1 spiro atoms. The van der Waals surface area contributed by atoms with E-state index in [0.29, 0.717) is 37.5 Å². The summed E-state index contributed by atoms with van der Waals surface area (Å²) in [5, 5.41) is 0. The summed E-state index contributed by atoms with van der Waals surface area (Å²) in [4.78, 5) is 35.9. The molecule has 4 rings (SSSR count). The van der Waals surface area contributed by atoms with Gasteiger partial charge >= 0.3 is 5.97 Å². The molecule has 2 aromatic rings. The number of amides is 1. The highest BCUT2D eigenvalue weighted by molar-refractivity contribution is 5.99. The zero-order valence-corrected chi connectivity index (χ0v) is 16.4. The van der Waals surface area contributed by atoms with Crippen LogP contribution in [-0.2, 0) is 14.3 Å². The smallest absolute Gasteiger partial charge is 0.308 e. The number of carbonyl (C=O) groups is 2. The van der Waals surface area contributed by atoms with Crippen LogP contribution in [0.3, 0.4) is 0 Å². The Kier molecular flexibility index (Phi) is 5.30. The van der Waals surface area contributed by atoms with Crippen molar-refractivity contribution in [3.8, 4) is 11.3 Å². The van der Waals surface area contributed by atoms with Crippen molar-refractivity contribution in [1.82, 2.24) is 9.97 Å². The molecule has 152 valence electrons. The zero-order chi connectivity index (χ0) is 20.4. The van der Waals surface area contributed by atoms with Gasteiger partial charge in [-0.05, 0) is 56.9 Å². The molecule has 2 aliphatic rings. The van der Waals surface area contributed by atoms with E-state index >= 15 is 0 Å². The number of halogens is 1. The molecule has 1 unspecified atom stereocenters. The van der Waals surface area contributed by atoms with Crippen LogP contribution in [0.4, 0.5) is 10.2 Å². The summed E-state index contributed by atoms with van der Waals surface area (Å²) in [5.74, 6) is -0.158. The van der Waals surface area contributed by atoms with Gasteiger partial charge in [-0.3, -0.25) is 14.5 Å². The van der Waals surface area contributed by atoms with Gasteiger partial charge in [0.05, 0.1) is 23.6 Å². The van der Waals surface area contributed by atoms with Gasteiger partial charge in [0.15, 0.2) is 0 Å². The van der Waals surface area contributed by atoms with Crippen LogP contribution >= 0.6 is 0 Å². The summed E-state index contributed by atoms with van der Waals surface area (Å²) in [6.07, 6.45) is 5.07. The van der Waals surface area contributed by atoms with Crippen LogP contribution in [-0.4, -0.2) is 35.0 Å². The normalized spacial score (nSPS) is 24.1. The average Bonchev–Trinajstić information content (AvgIpc) is 3.04. The fourth-order valence-electron chi connectivity index (χ4n) is 4.56. The monoisotopic (exact) mass is 397 g/mol. The van der Waals surface area contributed by atoms with Crippen molar-refractivity contribution < 1.29 is 18.7 Å². The third-order valence-electron chi connectivity index (χ3n) is 6.05. The van der Waals surface area contributed by atoms with E-state index < -0.39 is 5.41 Å². The molecule has 0 radical (unpaired) electrons. The number of esters is 1. The maximum absolute atomic E-state index is 13.4. The first kappa shape index (κ1) is 19.5.